The van der Waals surface area contributed by atoms with Crippen molar-refractivity contribution in [1.29, 1.82) is 0 Å². The van der Waals surface area contributed by atoms with E-state index >= 15 is 4.79 Å². The fourth-order valence-electron chi connectivity index (χ4n) is 13.8. The lowest BCUT2D eigenvalue weighted by atomic mass is 9.46. The number of methoxy groups -OCH3 is 3. The normalized spacial score (nSPS) is 35.9. The van der Waals surface area contributed by atoms with Gasteiger partial charge in [0.25, 0.3) is 0 Å². The number of hydrogen-bond acceptors (Lipinski definition) is 11. The Hall–Kier alpha value is -4.46. The van der Waals surface area contributed by atoms with Crippen molar-refractivity contribution in [3.63, 3.8) is 0 Å². The molecule has 3 saturated heterocycles. The number of amides is 1. The van der Waals surface area contributed by atoms with Crippen LogP contribution in [0.15, 0.2) is 36.4 Å². The fourth-order valence-corrected chi connectivity index (χ4v) is 13.8. The third-order valence-electron chi connectivity index (χ3n) is 15.9. The van der Waals surface area contributed by atoms with Gasteiger partial charge in [-0.1, -0.05) is 38.5 Å². The second-order valence-corrected chi connectivity index (χ2v) is 18.2. The zero-order valence-corrected chi connectivity index (χ0v) is 35.2. The fraction of sp³-hybridized carbons (Fsp3) is 0.609. The van der Waals surface area contributed by atoms with E-state index in [4.69, 9.17) is 18.9 Å². The van der Waals surface area contributed by atoms with Crippen molar-refractivity contribution < 1.29 is 43.2 Å². The van der Waals surface area contributed by atoms with Crippen LogP contribution in [0.4, 0.5) is 5.69 Å². The maximum atomic E-state index is 15.3. The predicted octanol–water partition coefficient (Wildman–Crippen LogP) is 4.63. The lowest BCUT2D eigenvalue weighted by Gasteiger charge is -2.64. The first-order valence-electron chi connectivity index (χ1n) is 21.5. The van der Waals surface area contributed by atoms with Gasteiger partial charge in [0, 0.05) is 71.7 Å². The number of nitrogens with zero attached hydrogens (tertiary/aromatic N) is 3. The second kappa shape index (κ2) is 14.3. The first-order chi connectivity index (χ1) is 28.4. The van der Waals surface area contributed by atoms with Crippen LogP contribution in [-0.4, -0.2) is 122 Å². The predicted molar refractivity (Wildman–Crippen MR) is 219 cm³/mol. The van der Waals surface area contributed by atoms with Crippen molar-refractivity contribution in [3.8, 4) is 5.75 Å². The molecule has 1 unspecified atom stereocenters. The van der Waals surface area contributed by atoms with Crippen molar-refractivity contribution in [3.05, 3.63) is 58.8 Å². The van der Waals surface area contributed by atoms with Crippen molar-refractivity contribution >= 4 is 40.9 Å². The number of ether oxygens (including phenoxy) is 4. The second-order valence-electron chi connectivity index (χ2n) is 18.2. The monoisotopic (exact) mass is 810 g/mol. The quantitative estimate of drug-likeness (QED) is 0.186. The third kappa shape index (κ3) is 5.25. The van der Waals surface area contributed by atoms with Gasteiger partial charge in [-0.15, -0.1) is 0 Å². The Bertz CT molecular complexity index is 2210. The van der Waals surface area contributed by atoms with Crippen molar-refractivity contribution in [2.24, 2.45) is 17.3 Å². The van der Waals surface area contributed by atoms with Gasteiger partial charge in [-0.05, 0) is 93.1 Å². The summed E-state index contributed by atoms with van der Waals surface area (Å²) in [6, 6.07) is 10.5. The summed E-state index contributed by atoms with van der Waals surface area (Å²) in [5.74, 6) is -1.01. The Labute approximate surface area is 345 Å². The molecule has 1 amide bonds. The molecule has 59 heavy (non-hydrogen) atoms. The highest BCUT2D eigenvalue weighted by molar-refractivity contribution is 5.96. The van der Waals surface area contributed by atoms with E-state index in [2.05, 4.69) is 33.8 Å². The summed E-state index contributed by atoms with van der Waals surface area (Å²) in [6.45, 7) is 9.65. The molecule has 9 rings (SSSR count). The van der Waals surface area contributed by atoms with Crippen LogP contribution in [0, 0.1) is 17.3 Å². The molecule has 6 heterocycles. The minimum absolute atomic E-state index is 0.136. The van der Waals surface area contributed by atoms with Gasteiger partial charge in [-0.3, -0.25) is 19.3 Å². The highest BCUT2D eigenvalue weighted by atomic mass is 16.6. The van der Waals surface area contributed by atoms with E-state index in [9.17, 15) is 19.5 Å². The SMILES string of the molecule is CC[C@H]1C[C@H]2CN(CCc3c([nH]c4ccccc34)[C@@](C(=O)OC)(c3cc4c(cc3OC)N(C=O)[C@H]3[C@@](O)(C(=O)OC)[C@H](OC(C)=O)[C@]5(CC)CCCN6CC[C@]43[C@@H]65)C2)C1. The number of esters is 3. The van der Waals surface area contributed by atoms with Gasteiger partial charge in [-0.25, -0.2) is 4.79 Å². The molecule has 2 bridgehead atoms. The molecule has 0 radical (unpaired) electrons. The Morgan fingerprint density at radius 3 is 2.44 bits per heavy atom. The van der Waals surface area contributed by atoms with Crippen molar-refractivity contribution in [2.75, 3.05) is 59.0 Å². The first kappa shape index (κ1) is 40.0. The standard InChI is InChI=1S/C46H58N4O9/c1-7-28-20-29-23-45(41(53)57-5,37-31(14-18-48(24-28)25-29)30-12-9-10-13-34(30)47-37)33-21-32-35(22-36(33)56-4)50(26-51)39-44(32)16-19-49-17-11-15-43(8-2,38(44)49)40(59-27(3)52)46(39,55)42(54)58-6/h9-10,12-13,21-22,26,28-29,38-40,47,55H,7-8,11,14-20,23-25H2,1-6H3/t28-,29+,38-,39+,40+,43+,44+,45-,46-/m0/s1. The van der Waals surface area contributed by atoms with Gasteiger partial charge in [0.05, 0.1) is 33.1 Å². The summed E-state index contributed by atoms with van der Waals surface area (Å²) in [4.78, 5) is 66.7. The molecule has 1 aromatic heterocycles. The number of fused-ring (bicyclic) bond motifs is 6. The summed E-state index contributed by atoms with van der Waals surface area (Å²) in [5, 5.41) is 14.4. The molecule has 1 aliphatic carbocycles. The molecule has 1 spiro atoms. The van der Waals surface area contributed by atoms with E-state index in [-0.39, 0.29) is 12.0 Å². The van der Waals surface area contributed by atoms with Crippen LogP contribution in [-0.2, 0) is 50.6 Å². The smallest absolute Gasteiger partial charge is 0.344 e. The molecule has 6 aliphatic rings. The number of aromatic nitrogens is 1. The van der Waals surface area contributed by atoms with Gasteiger partial charge >= 0.3 is 17.9 Å². The number of para-hydroxylation sites is 1. The number of piperidine rings is 2. The average Bonchev–Trinajstić information content (AvgIpc) is 3.92. The molecule has 5 aliphatic heterocycles. The molecule has 4 fully saturated rings. The van der Waals surface area contributed by atoms with E-state index in [1.807, 2.05) is 31.2 Å². The summed E-state index contributed by atoms with van der Waals surface area (Å²) >= 11 is 0. The van der Waals surface area contributed by atoms with Crippen LogP contribution in [0.5, 0.6) is 5.75 Å². The molecule has 2 N–H and O–H groups in total. The van der Waals surface area contributed by atoms with Crippen LogP contribution in [0.3, 0.4) is 0 Å². The van der Waals surface area contributed by atoms with Crippen LogP contribution in [0.1, 0.15) is 88.1 Å². The average molecular weight is 811 g/mol. The van der Waals surface area contributed by atoms with E-state index in [0.29, 0.717) is 61.6 Å². The van der Waals surface area contributed by atoms with E-state index in [0.717, 1.165) is 79.6 Å². The minimum atomic E-state index is -2.45. The zero-order valence-electron chi connectivity index (χ0n) is 35.2. The maximum Gasteiger partial charge on any atom is 0.344 e. The van der Waals surface area contributed by atoms with Crippen LogP contribution >= 0.6 is 0 Å². The Morgan fingerprint density at radius 2 is 1.75 bits per heavy atom. The number of hydrogen-bond donors (Lipinski definition) is 2. The molecule has 13 nitrogen and oxygen atoms in total. The summed E-state index contributed by atoms with van der Waals surface area (Å²) in [7, 11) is 4.23. The van der Waals surface area contributed by atoms with Gasteiger partial charge in [0.15, 0.2) is 6.10 Å². The molecule has 316 valence electrons. The third-order valence-corrected chi connectivity index (χ3v) is 15.9. The molecular weight excluding hydrogens is 753 g/mol. The number of aliphatic hydroxyl groups is 1. The van der Waals surface area contributed by atoms with E-state index < -0.39 is 51.9 Å². The molecule has 2 aromatic carbocycles. The number of anilines is 1. The lowest BCUT2D eigenvalue weighted by molar-refractivity contribution is -0.242. The number of carbonyl (C=O) groups is 4. The molecule has 10 atom stereocenters. The number of rotatable bonds is 8. The van der Waals surface area contributed by atoms with Crippen LogP contribution < -0.4 is 9.64 Å². The topological polar surface area (TPSA) is 151 Å². The van der Waals surface area contributed by atoms with Gasteiger partial charge in [0.2, 0.25) is 12.0 Å². The Kier molecular flexibility index (Phi) is 9.71. The van der Waals surface area contributed by atoms with Gasteiger partial charge in [0.1, 0.15) is 11.2 Å². The zero-order chi connectivity index (χ0) is 41.6. The molecule has 1 saturated carbocycles. The van der Waals surface area contributed by atoms with Crippen LogP contribution in [0.2, 0.25) is 0 Å². The molecule has 3 aromatic rings. The highest BCUT2D eigenvalue weighted by Crippen LogP contribution is 2.69. The van der Waals surface area contributed by atoms with E-state index in [1.54, 1.807) is 7.11 Å². The number of nitrogens with one attached hydrogen (secondary N) is 1. The van der Waals surface area contributed by atoms with Gasteiger partial charge < -0.3 is 38.8 Å². The van der Waals surface area contributed by atoms with E-state index in [1.165, 1.54) is 26.0 Å². The number of aromatic amines is 1. The lowest BCUT2D eigenvalue weighted by Crippen LogP contribution is -2.82. The minimum Gasteiger partial charge on any atom is -0.496 e. The summed E-state index contributed by atoms with van der Waals surface area (Å²) < 4.78 is 23.9. The summed E-state index contributed by atoms with van der Waals surface area (Å²) in [5.41, 5.74) is -1.14. The van der Waals surface area contributed by atoms with Gasteiger partial charge in [-0.2, -0.15) is 0 Å². The first-order valence-corrected chi connectivity index (χ1v) is 21.5. The maximum absolute atomic E-state index is 15.3. The largest absolute Gasteiger partial charge is 0.496 e. The van der Waals surface area contributed by atoms with Crippen molar-refractivity contribution in [1.82, 2.24) is 14.8 Å². The van der Waals surface area contributed by atoms with Crippen molar-refractivity contribution in [2.45, 2.75) is 107 Å². The molecular formula is C46H58N4O9. The number of carbonyl (C=O) groups excluding carboxylic acids is 4. The van der Waals surface area contributed by atoms with Crippen LogP contribution in [0.25, 0.3) is 10.9 Å². The Morgan fingerprint density at radius 1 is 0.966 bits per heavy atom. The number of H-pyrrole nitrogens is 1. The Balaban J connectivity index is 1.37. The molecule has 13 heteroatoms. The highest BCUT2D eigenvalue weighted by Gasteiger charge is 2.81. The summed E-state index contributed by atoms with van der Waals surface area (Å²) in [6.07, 6.45) is 4.85. The number of benzene rings is 2.